The van der Waals surface area contributed by atoms with E-state index >= 15 is 0 Å². The number of rotatable bonds is 2. The summed E-state index contributed by atoms with van der Waals surface area (Å²) in [6, 6.07) is 0. The van der Waals surface area contributed by atoms with E-state index in [1.165, 1.54) is 0 Å². The molecule has 1 atom stereocenters. The molecule has 0 aromatic carbocycles. The van der Waals surface area contributed by atoms with Crippen molar-refractivity contribution < 1.29 is 9.94 Å². The number of nitrogens with zero attached hydrogens (tertiary/aromatic N) is 3. The van der Waals surface area contributed by atoms with Crippen LogP contribution in [0.3, 0.4) is 0 Å². The minimum atomic E-state index is -0.389. The number of hydrogen-bond acceptors (Lipinski definition) is 5. The second-order valence-corrected chi connectivity index (χ2v) is 3.11. The Bertz CT molecular complexity index is 288. The van der Waals surface area contributed by atoms with Gasteiger partial charge in [-0.25, -0.2) is 4.98 Å². The van der Waals surface area contributed by atoms with Gasteiger partial charge in [0.1, 0.15) is 5.82 Å². The molecule has 6 nitrogen and oxygen atoms in total. The van der Waals surface area contributed by atoms with Crippen molar-refractivity contribution in [1.29, 1.82) is 0 Å². The number of H-pyrrole nitrogens is 1. The molecule has 6 heteroatoms. The van der Waals surface area contributed by atoms with Gasteiger partial charge in [-0.15, -0.1) is 0 Å². The van der Waals surface area contributed by atoms with Crippen LogP contribution in [0.5, 0.6) is 0 Å². The van der Waals surface area contributed by atoms with Crippen LogP contribution in [0.1, 0.15) is 11.6 Å². The van der Waals surface area contributed by atoms with E-state index in [9.17, 15) is 0 Å². The number of aromatic amines is 1. The largest absolute Gasteiger partial charge is 0.389 e. The third kappa shape index (κ3) is 2.03. The fraction of sp³-hybridized carbons (Fsp3) is 0.714. The summed E-state index contributed by atoms with van der Waals surface area (Å²) in [4.78, 5) is 9.30. The van der Waals surface area contributed by atoms with Gasteiger partial charge >= 0.3 is 0 Å². The quantitative estimate of drug-likeness (QED) is 0.630. The van der Waals surface area contributed by atoms with Crippen LogP contribution < -0.4 is 0 Å². The zero-order chi connectivity index (χ0) is 9.26. The highest BCUT2D eigenvalue weighted by Crippen LogP contribution is 2.08. The minimum Gasteiger partial charge on any atom is -0.389 e. The Morgan fingerprint density at radius 1 is 1.77 bits per heavy atom. The normalized spacial score (nSPS) is 24.0. The zero-order valence-electron chi connectivity index (χ0n) is 7.40. The number of β-amino-alcohol motifs (C(OH)–C–C–N with tert-alkyl or cyclic N) is 1. The summed E-state index contributed by atoms with van der Waals surface area (Å²) in [5, 5.41) is 17.5. The van der Waals surface area contributed by atoms with Gasteiger partial charge < -0.3 is 5.11 Å². The lowest BCUT2D eigenvalue weighted by atomic mass is 10.4. The average Bonchev–Trinajstić information content (AvgIpc) is 2.62. The first-order chi connectivity index (χ1) is 6.24. The van der Waals surface area contributed by atoms with Crippen molar-refractivity contribution >= 4 is 0 Å². The van der Waals surface area contributed by atoms with Crippen LogP contribution >= 0.6 is 0 Å². The van der Waals surface area contributed by atoms with Crippen molar-refractivity contribution in [3.63, 3.8) is 0 Å². The van der Waals surface area contributed by atoms with Crippen molar-refractivity contribution in [2.75, 3.05) is 13.2 Å². The first-order valence-electron chi connectivity index (χ1n) is 4.18. The average molecular weight is 184 g/mol. The lowest BCUT2D eigenvalue weighted by Gasteiger charge is -2.09. The highest BCUT2D eigenvalue weighted by atomic mass is 16.7. The first kappa shape index (κ1) is 8.61. The van der Waals surface area contributed by atoms with Crippen molar-refractivity contribution in [3.05, 3.63) is 11.6 Å². The number of aromatic nitrogens is 3. The Morgan fingerprint density at radius 2 is 2.62 bits per heavy atom. The molecule has 1 aromatic heterocycles. The standard InChI is InChI=1S/C7H12N4O2/c1-5-8-7(10-9-5)3-11-2-6(12)4-13-11/h6,12H,2-4H2,1H3,(H,8,9,10)/t6-/m1/s1. The number of aryl methyl sites for hydroxylation is 1. The zero-order valence-corrected chi connectivity index (χ0v) is 7.40. The molecule has 1 fully saturated rings. The Kier molecular flexibility index (Phi) is 2.26. The highest BCUT2D eigenvalue weighted by molar-refractivity contribution is 4.87. The van der Waals surface area contributed by atoms with E-state index in [0.717, 1.165) is 5.82 Å². The summed E-state index contributed by atoms with van der Waals surface area (Å²) >= 11 is 0. The second-order valence-electron chi connectivity index (χ2n) is 3.11. The van der Waals surface area contributed by atoms with Gasteiger partial charge in [-0.3, -0.25) is 9.94 Å². The molecule has 0 bridgehead atoms. The fourth-order valence-electron chi connectivity index (χ4n) is 1.26. The van der Waals surface area contributed by atoms with E-state index in [-0.39, 0.29) is 6.10 Å². The predicted molar refractivity (Wildman–Crippen MR) is 43.5 cm³/mol. The molecule has 1 saturated heterocycles. The van der Waals surface area contributed by atoms with E-state index < -0.39 is 0 Å². The van der Waals surface area contributed by atoms with Crippen molar-refractivity contribution in [3.8, 4) is 0 Å². The number of hydroxylamine groups is 2. The second kappa shape index (κ2) is 3.41. The van der Waals surface area contributed by atoms with Gasteiger partial charge in [0, 0.05) is 0 Å². The molecule has 72 valence electrons. The maximum atomic E-state index is 9.17. The molecular weight excluding hydrogens is 172 g/mol. The summed E-state index contributed by atoms with van der Waals surface area (Å²) in [5.41, 5.74) is 0. The summed E-state index contributed by atoms with van der Waals surface area (Å²) in [6.45, 7) is 3.24. The monoisotopic (exact) mass is 184 g/mol. The van der Waals surface area contributed by atoms with E-state index in [1.807, 2.05) is 6.92 Å². The van der Waals surface area contributed by atoms with Crippen molar-refractivity contribution in [2.45, 2.75) is 19.6 Å². The SMILES string of the molecule is Cc1nc(CN2C[C@@H](O)CO2)n[nH]1. The Hall–Kier alpha value is -0.980. The van der Waals surface area contributed by atoms with Crippen LogP contribution in [-0.2, 0) is 11.4 Å². The lowest BCUT2D eigenvalue weighted by molar-refractivity contribution is -0.119. The van der Waals surface area contributed by atoms with Gasteiger partial charge in [0.05, 0.1) is 25.8 Å². The topological polar surface area (TPSA) is 74.3 Å². The molecule has 2 heterocycles. The maximum Gasteiger partial charge on any atom is 0.167 e. The summed E-state index contributed by atoms with van der Waals surface area (Å²) in [6.07, 6.45) is -0.389. The van der Waals surface area contributed by atoms with Crippen LogP contribution in [0.25, 0.3) is 0 Å². The molecule has 1 aliphatic rings. The van der Waals surface area contributed by atoms with E-state index in [0.29, 0.717) is 25.5 Å². The molecular formula is C7H12N4O2. The summed E-state index contributed by atoms with van der Waals surface area (Å²) < 4.78 is 0. The van der Waals surface area contributed by atoms with Gasteiger partial charge in [-0.1, -0.05) is 0 Å². The molecule has 0 spiro atoms. The van der Waals surface area contributed by atoms with Gasteiger partial charge in [0.25, 0.3) is 0 Å². The molecule has 1 aliphatic heterocycles. The maximum absolute atomic E-state index is 9.17. The molecule has 2 N–H and O–H groups in total. The van der Waals surface area contributed by atoms with Crippen LogP contribution in [0, 0.1) is 6.92 Å². The predicted octanol–water partition coefficient (Wildman–Crippen LogP) is -0.779. The molecule has 2 rings (SSSR count). The van der Waals surface area contributed by atoms with E-state index in [2.05, 4.69) is 15.2 Å². The fourth-order valence-corrected chi connectivity index (χ4v) is 1.26. The molecule has 0 amide bonds. The highest BCUT2D eigenvalue weighted by Gasteiger charge is 2.22. The smallest absolute Gasteiger partial charge is 0.167 e. The van der Waals surface area contributed by atoms with Crippen molar-refractivity contribution in [1.82, 2.24) is 20.2 Å². The van der Waals surface area contributed by atoms with Gasteiger partial charge in [-0.2, -0.15) is 10.2 Å². The summed E-state index contributed by atoms with van der Waals surface area (Å²) in [7, 11) is 0. The number of aliphatic hydroxyl groups excluding tert-OH is 1. The Balaban J connectivity index is 1.91. The Morgan fingerprint density at radius 3 is 3.15 bits per heavy atom. The first-order valence-corrected chi connectivity index (χ1v) is 4.18. The third-order valence-electron chi connectivity index (χ3n) is 1.83. The van der Waals surface area contributed by atoms with Crippen LogP contribution in [-0.4, -0.2) is 44.6 Å². The van der Waals surface area contributed by atoms with E-state index in [1.54, 1.807) is 5.06 Å². The van der Waals surface area contributed by atoms with Gasteiger partial charge in [-0.05, 0) is 6.92 Å². The molecule has 0 radical (unpaired) electrons. The summed E-state index contributed by atoms with van der Waals surface area (Å²) in [5.74, 6) is 1.47. The Labute approximate surface area is 75.5 Å². The molecule has 0 aliphatic carbocycles. The number of aliphatic hydroxyl groups is 1. The lowest BCUT2D eigenvalue weighted by Crippen LogP contribution is -2.21. The van der Waals surface area contributed by atoms with Crippen LogP contribution in [0.4, 0.5) is 0 Å². The third-order valence-corrected chi connectivity index (χ3v) is 1.83. The van der Waals surface area contributed by atoms with Gasteiger partial charge in [0.15, 0.2) is 5.82 Å². The van der Waals surface area contributed by atoms with Gasteiger partial charge in [0.2, 0.25) is 0 Å². The molecule has 0 saturated carbocycles. The number of nitrogens with one attached hydrogen (secondary N) is 1. The molecule has 1 aromatic rings. The number of hydrogen-bond donors (Lipinski definition) is 2. The van der Waals surface area contributed by atoms with E-state index in [4.69, 9.17) is 9.94 Å². The van der Waals surface area contributed by atoms with Crippen LogP contribution in [0.2, 0.25) is 0 Å². The van der Waals surface area contributed by atoms with Crippen LogP contribution in [0.15, 0.2) is 0 Å². The molecule has 13 heavy (non-hydrogen) atoms. The van der Waals surface area contributed by atoms with Crippen molar-refractivity contribution in [2.24, 2.45) is 0 Å². The minimum absolute atomic E-state index is 0.364. The molecule has 0 unspecified atom stereocenters.